The first-order chi connectivity index (χ1) is 7.77. The number of hydrogen-bond acceptors (Lipinski definition) is 3. The van der Waals surface area contributed by atoms with E-state index in [9.17, 15) is 4.79 Å². The molecule has 2 rings (SSSR count). The average Bonchev–Trinajstić information content (AvgIpc) is 2.79. The van der Waals surface area contributed by atoms with Gasteiger partial charge in [0.2, 0.25) is 0 Å². The first kappa shape index (κ1) is 10.7. The Hall–Kier alpha value is -1.77. The SMILES string of the molecule is CC(=O)c1ccccc1CCN1C=COC1. The number of benzene rings is 1. The van der Waals surface area contributed by atoms with Crippen molar-refractivity contribution in [3.05, 3.63) is 47.9 Å². The van der Waals surface area contributed by atoms with Crippen LogP contribution in [-0.2, 0) is 11.2 Å². The Labute approximate surface area is 95.3 Å². The van der Waals surface area contributed by atoms with E-state index in [0.717, 1.165) is 24.1 Å². The molecule has 3 heteroatoms. The topological polar surface area (TPSA) is 29.5 Å². The molecule has 3 nitrogen and oxygen atoms in total. The van der Waals surface area contributed by atoms with Crippen LogP contribution in [0.4, 0.5) is 0 Å². The number of nitrogens with zero attached hydrogens (tertiary/aromatic N) is 1. The standard InChI is InChI=1S/C13H15NO2/c1-11(15)13-5-3-2-4-12(13)6-7-14-8-9-16-10-14/h2-5,8-9H,6-7,10H2,1H3. The zero-order valence-corrected chi connectivity index (χ0v) is 9.35. The lowest BCUT2D eigenvalue weighted by Gasteiger charge is -2.14. The van der Waals surface area contributed by atoms with E-state index in [1.807, 2.05) is 30.5 Å². The van der Waals surface area contributed by atoms with Gasteiger partial charge in [-0.2, -0.15) is 0 Å². The molecule has 0 aliphatic carbocycles. The van der Waals surface area contributed by atoms with Crippen LogP contribution in [0, 0.1) is 0 Å². The van der Waals surface area contributed by atoms with E-state index in [0.29, 0.717) is 6.73 Å². The summed E-state index contributed by atoms with van der Waals surface area (Å²) in [5.74, 6) is 0.129. The van der Waals surface area contributed by atoms with Crippen LogP contribution in [0.1, 0.15) is 22.8 Å². The van der Waals surface area contributed by atoms with E-state index in [4.69, 9.17) is 4.74 Å². The van der Waals surface area contributed by atoms with Gasteiger partial charge in [0, 0.05) is 18.3 Å². The molecule has 1 aliphatic rings. The predicted octanol–water partition coefficient (Wildman–Crippen LogP) is 2.19. The van der Waals surface area contributed by atoms with Gasteiger partial charge in [-0.1, -0.05) is 24.3 Å². The van der Waals surface area contributed by atoms with Crippen molar-refractivity contribution in [1.29, 1.82) is 0 Å². The molecule has 0 spiro atoms. The van der Waals surface area contributed by atoms with Crippen LogP contribution < -0.4 is 0 Å². The van der Waals surface area contributed by atoms with Crippen molar-refractivity contribution >= 4 is 5.78 Å². The van der Waals surface area contributed by atoms with Crippen LogP contribution in [0.5, 0.6) is 0 Å². The molecule has 1 heterocycles. The Balaban J connectivity index is 2.03. The van der Waals surface area contributed by atoms with E-state index >= 15 is 0 Å². The highest BCUT2D eigenvalue weighted by atomic mass is 16.5. The van der Waals surface area contributed by atoms with Gasteiger partial charge in [0.25, 0.3) is 0 Å². The number of carbonyl (C=O) groups is 1. The predicted molar refractivity (Wildman–Crippen MR) is 61.9 cm³/mol. The maximum Gasteiger partial charge on any atom is 0.160 e. The second-order valence-electron chi connectivity index (χ2n) is 3.86. The van der Waals surface area contributed by atoms with Crippen LogP contribution >= 0.6 is 0 Å². The van der Waals surface area contributed by atoms with E-state index in [-0.39, 0.29) is 5.78 Å². The van der Waals surface area contributed by atoms with Crippen molar-refractivity contribution in [3.8, 4) is 0 Å². The van der Waals surface area contributed by atoms with Gasteiger partial charge in [-0.15, -0.1) is 0 Å². The Morgan fingerprint density at radius 3 is 2.94 bits per heavy atom. The normalized spacial score (nSPS) is 13.9. The van der Waals surface area contributed by atoms with Gasteiger partial charge >= 0.3 is 0 Å². The van der Waals surface area contributed by atoms with Gasteiger partial charge in [-0.3, -0.25) is 4.79 Å². The van der Waals surface area contributed by atoms with E-state index in [1.165, 1.54) is 0 Å². The average molecular weight is 217 g/mol. The maximum atomic E-state index is 11.4. The molecule has 1 aromatic rings. The van der Waals surface area contributed by atoms with Gasteiger partial charge in [-0.25, -0.2) is 0 Å². The smallest absolute Gasteiger partial charge is 0.160 e. The summed E-state index contributed by atoms with van der Waals surface area (Å²) in [5.41, 5.74) is 1.93. The second kappa shape index (κ2) is 4.84. The molecule has 1 aliphatic heterocycles. The van der Waals surface area contributed by atoms with Gasteiger partial charge in [0.1, 0.15) is 6.26 Å². The Bertz CT molecular complexity index is 412. The Kier molecular flexibility index (Phi) is 3.25. The molecule has 1 aromatic carbocycles. The van der Waals surface area contributed by atoms with Gasteiger partial charge in [0.15, 0.2) is 12.5 Å². The van der Waals surface area contributed by atoms with Gasteiger partial charge in [-0.05, 0) is 18.9 Å². The minimum Gasteiger partial charge on any atom is -0.479 e. The molecule has 0 atom stereocenters. The molecule has 0 saturated carbocycles. The molecule has 0 bridgehead atoms. The quantitative estimate of drug-likeness (QED) is 0.724. The lowest BCUT2D eigenvalue weighted by Crippen LogP contribution is -2.19. The summed E-state index contributed by atoms with van der Waals surface area (Å²) in [6.07, 6.45) is 4.48. The third kappa shape index (κ3) is 2.42. The summed E-state index contributed by atoms with van der Waals surface area (Å²) < 4.78 is 5.10. The minimum absolute atomic E-state index is 0.129. The first-order valence-electron chi connectivity index (χ1n) is 5.38. The number of carbonyl (C=O) groups excluding carboxylic acids is 1. The monoisotopic (exact) mass is 217 g/mol. The van der Waals surface area contributed by atoms with Crippen LogP contribution in [-0.4, -0.2) is 24.0 Å². The highest BCUT2D eigenvalue weighted by molar-refractivity contribution is 5.95. The Morgan fingerprint density at radius 1 is 1.44 bits per heavy atom. The van der Waals surface area contributed by atoms with Crippen molar-refractivity contribution in [1.82, 2.24) is 4.90 Å². The van der Waals surface area contributed by atoms with E-state index in [2.05, 4.69) is 4.90 Å². The molecular formula is C13H15NO2. The van der Waals surface area contributed by atoms with E-state index in [1.54, 1.807) is 13.2 Å². The molecule has 16 heavy (non-hydrogen) atoms. The number of rotatable bonds is 4. The fourth-order valence-electron chi connectivity index (χ4n) is 1.80. The van der Waals surface area contributed by atoms with E-state index < -0.39 is 0 Å². The van der Waals surface area contributed by atoms with Crippen molar-refractivity contribution in [2.75, 3.05) is 13.3 Å². The second-order valence-corrected chi connectivity index (χ2v) is 3.86. The minimum atomic E-state index is 0.129. The highest BCUT2D eigenvalue weighted by Gasteiger charge is 2.09. The van der Waals surface area contributed by atoms with Crippen molar-refractivity contribution in [2.24, 2.45) is 0 Å². The summed E-state index contributed by atoms with van der Waals surface area (Å²) in [6.45, 7) is 3.10. The van der Waals surface area contributed by atoms with Crippen LogP contribution in [0.25, 0.3) is 0 Å². The molecule has 0 N–H and O–H groups in total. The summed E-state index contributed by atoms with van der Waals surface area (Å²) in [7, 11) is 0. The van der Waals surface area contributed by atoms with Crippen LogP contribution in [0.15, 0.2) is 36.7 Å². The molecule has 0 unspecified atom stereocenters. The maximum absolute atomic E-state index is 11.4. The zero-order chi connectivity index (χ0) is 11.4. The number of ether oxygens (including phenoxy) is 1. The molecule has 84 valence electrons. The third-order valence-corrected chi connectivity index (χ3v) is 2.67. The molecule has 0 amide bonds. The van der Waals surface area contributed by atoms with Crippen molar-refractivity contribution in [3.63, 3.8) is 0 Å². The summed E-state index contributed by atoms with van der Waals surface area (Å²) in [4.78, 5) is 13.5. The van der Waals surface area contributed by atoms with Gasteiger partial charge in [0.05, 0.1) is 0 Å². The van der Waals surface area contributed by atoms with Gasteiger partial charge < -0.3 is 9.64 Å². The number of ketones is 1. The fourth-order valence-corrected chi connectivity index (χ4v) is 1.80. The number of hydrogen-bond donors (Lipinski definition) is 0. The third-order valence-electron chi connectivity index (χ3n) is 2.67. The summed E-state index contributed by atoms with van der Waals surface area (Å²) >= 11 is 0. The molecule has 0 fully saturated rings. The summed E-state index contributed by atoms with van der Waals surface area (Å²) in [6, 6.07) is 7.77. The largest absolute Gasteiger partial charge is 0.479 e. The van der Waals surface area contributed by atoms with Crippen molar-refractivity contribution in [2.45, 2.75) is 13.3 Å². The van der Waals surface area contributed by atoms with Crippen molar-refractivity contribution < 1.29 is 9.53 Å². The lowest BCUT2D eigenvalue weighted by molar-refractivity contribution is 0.101. The molecule has 0 radical (unpaired) electrons. The molecular weight excluding hydrogens is 202 g/mol. The Morgan fingerprint density at radius 2 is 2.25 bits per heavy atom. The van der Waals surface area contributed by atoms with Crippen LogP contribution in [0.3, 0.4) is 0 Å². The lowest BCUT2D eigenvalue weighted by atomic mass is 10.0. The summed E-state index contributed by atoms with van der Waals surface area (Å²) in [5, 5.41) is 0. The molecule has 0 aromatic heterocycles. The zero-order valence-electron chi connectivity index (χ0n) is 9.35. The number of Topliss-reactive ketones (excluding diaryl/α,β-unsaturated/α-hetero) is 1. The highest BCUT2D eigenvalue weighted by Crippen LogP contribution is 2.12. The molecule has 0 saturated heterocycles. The van der Waals surface area contributed by atoms with Crippen LogP contribution in [0.2, 0.25) is 0 Å². The fraction of sp³-hybridized carbons (Fsp3) is 0.308. The first-order valence-corrected chi connectivity index (χ1v) is 5.38.